The zero-order valence-electron chi connectivity index (χ0n) is 8.37. The normalized spacial score (nSPS) is 12.5. The number of ether oxygens (including phenoxy) is 1. The van der Waals surface area contributed by atoms with Gasteiger partial charge in [-0.3, -0.25) is 0 Å². The highest BCUT2D eigenvalue weighted by Crippen LogP contribution is 2.17. The smallest absolute Gasteiger partial charge is 0.120 e. The molecule has 0 bridgehead atoms. The van der Waals surface area contributed by atoms with Crippen LogP contribution in [0.2, 0.25) is 5.02 Å². The molecule has 2 N–H and O–H groups in total. The Kier molecular flexibility index (Phi) is 4.77. The largest absolute Gasteiger partial charge is 0.494 e. The van der Waals surface area contributed by atoms with Crippen LogP contribution in [-0.4, -0.2) is 13.2 Å². The Morgan fingerprint density at radius 2 is 2.29 bits per heavy atom. The molecule has 14 heavy (non-hydrogen) atoms. The Bertz CT molecular complexity index is 278. The molecule has 1 atom stereocenters. The lowest BCUT2D eigenvalue weighted by Crippen LogP contribution is -2.13. The van der Waals surface area contributed by atoms with Gasteiger partial charge >= 0.3 is 0 Å². The van der Waals surface area contributed by atoms with E-state index in [0.717, 1.165) is 12.2 Å². The van der Waals surface area contributed by atoms with Crippen LogP contribution in [-0.2, 0) is 0 Å². The molecule has 0 aliphatic rings. The first-order valence-corrected chi connectivity index (χ1v) is 5.18. The van der Waals surface area contributed by atoms with Gasteiger partial charge in [-0.05, 0) is 37.1 Å². The SMILES string of the molecule is CC(CN)CCOc1cccc(Cl)c1. The van der Waals surface area contributed by atoms with Gasteiger partial charge in [0.15, 0.2) is 0 Å². The van der Waals surface area contributed by atoms with Crippen molar-refractivity contribution in [3.63, 3.8) is 0 Å². The minimum atomic E-state index is 0.509. The van der Waals surface area contributed by atoms with Crippen molar-refractivity contribution in [2.75, 3.05) is 13.2 Å². The van der Waals surface area contributed by atoms with Crippen LogP contribution in [0.5, 0.6) is 5.75 Å². The standard InChI is InChI=1S/C11H16ClNO/c1-9(8-13)5-6-14-11-4-2-3-10(12)7-11/h2-4,7,9H,5-6,8,13H2,1H3. The molecular formula is C11H16ClNO. The number of hydrogen-bond donors (Lipinski definition) is 1. The first-order chi connectivity index (χ1) is 6.72. The molecule has 0 aliphatic carbocycles. The predicted molar refractivity (Wildman–Crippen MR) is 59.8 cm³/mol. The van der Waals surface area contributed by atoms with Crippen LogP contribution in [0.3, 0.4) is 0 Å². The van der Waals surface area contributed by atoms with Crippen LogP contribution in [0.1, 0.15) is 13.3 Å². The topological polar surface area (TPSA) is 35.2 Å². The van der Waals surface area contributed by atoms with E-state index in [1.165, 1.54) is 0 Å². The van der Waals surface area contributed by atoms with Gasteiger partial charge in [-0.15, -0.1) is 0 Å². The average molecular weight is 214 g/mol. The Labute approximate surface area is 90.0 Å². The summed E-state index contributed by atoms with van der Waals surface area (Å²) in [7, 11) is 0. The highest BCUT2D eigenvalue weighted by Gasteiger charge is 1.99. The zero-order chi connectivity index (χ0) is 10.4. The molecular weight excluding hydrogens is 198 g/mol. The molecule has 1 unspecified atom stereocenters. The molecule has 0 heterocycles. The lowest BCUT2D eigenvalue weighted by molar-refractivity contribution is 0.286. The van der Waals surface area contributed by atoms with Gasteiger partial charge in [0.05, 0.1) is 6.61 Å². The van der Waals surface area contributed by atoms with Crippen molar-refractivity contribution in [2.24, 2.45) is 11.7 Å². The van der Waals surface area contributed by atoms with Crippen molar-refractivity contribution in [3.05, 3.63) is 29.3 Å². The summed E-state index contributed by atoms with van der Waals surface area (Å²) in [6, 6.07) is 7.43. The lowest BCUT2D eigenvalue weighted by Gasteiger charge is -2.09. The Morgan fingerprint density at radius 1 is 1.50 bits per heavy atom. The Hall–Kier alpha value is -0.730. The van der Waals surface area contributed by atoms with Gasteiger partial charge in [-0.2, -0.15) is 0 Å². The minimum Gasteiger partial charge on any atom is -0.494 e. The maximum Gasteiger partial charge on any atom is 0.120 e. The fourth-order valence-electron chi connectivity index (χ4n) is 1.05. The van der Waals surface area contributed by atoms with Gasteiger partial charge in [0.2, 0.25) is 0 Å². The number of nitrogens with two attached hydrogens (primary N) is 1. The average Bonchev–Trinajstić information content (AvgIpc) is 2.17. The number of rotatable bonds is 5. The van der Waals surface area contributed by atoms with Crippen molar-refractivity contribution in [1.82, 2.24) is 0 Å². The van der Waals surface area contributed by atoms with Crippen molar-refractivity contribution in [3.8, 4) is 5.75 Å². The predicted octanol–water partition coefficient (Wildman–Crippen LogP) is 2.70. The summed E-state index contributed by atoms with van der Waals surface area (Å²) >= 11 is 5.81. The van der Waals surface area contributed by atoms with E-state index in [9.17, 15) is 0 Å². The molecule has 0 saturated carbocycles. The van der Waals surface area contributed by atoms with Crippen molar-refractivity contribution in [1.29, 1.82) is 0 Å². The summed E-state index contributed by atoms with van der Waals surface area (Å²) in [5, 5.41) is 0.703. The van der Waals surface area contributed by atoms with Gasteiger partial charge in [-0.25, -0.2) is 0 Å². The molecule has 3 heteroatoms. The third kappa shape index (κ3) is 3.99. The number of hydrogen-bond acceptors (Lipinski definition) is 2. The first kappa shape index (κ1) is 11.3. The summed E-state index contributed by atoms with van der Waals surface area (Å²) in [4.78, 5) is 0. The molecule has 0 amide bonds. The molecule has 1 rings (SSSR count). The molecule has 0 aliphatic heterocycles. The molecule has 0 fully saturated rings. The third-order valence-corrected chi connectivity index (χ3v) is 2.31. The molecule has 0 spiro atoms. The van der Waals surface area contributed by atoms with E-state index in [1.54, 1.807) is 0 Å². The molecule has 0 saturated heterocycles. The van der Waals surface area contributed by atoms with E-state index in [-0.39, 0.29) is 0 Å². The van der Waals surface area contributed by atoms with E-state index in [1.807, 2.05) is 24.3 Å². The number of halogens is 1. The van der Waals surface area contributed by atoms with Crippen LogP contribution in [0.15, 0.2) is 24.3 Å². The first-order valence-electron chi connectivity index (χ1n) is 4.81. The van der Waals surface area contributed by atoms with Crippen LogP contribution in [0, 0.1) is 5.92 Å². The summed E-state index contributed by atoms with van der Waals surface area (Å²) in [5.41, 5.74) is 5.50. The van der Waals surface area contributed by atoms with Crippen LogP contribution in [0.25, 0.3) is 0 Å². The highest BCUT2D eigenvalue weighted by molar-refractivity contribution is 6.30. The molecule has 2 nitrogen and oxygen atoms in total. The highest BCUT2D eigenvalue weighted by atomic mass is 35.5. The van der Waals surface area contributed by atoms with Crippen molar-refractivity contribution >= 4 is 11.6 Å². The minimum absolute atomic E-state index is 0.509. The van der Waals surface area contributed by atoms with E-state index in [0.29, 0.717) is 24.1 Å². The van der Waals surface area contributed by atoms with Gasteiger partial charge in [0.25, 0.3) is 0 Å². The van der Waals surface area contributed by atoms with Crippen LogP contribution in [0.4, 0.5) is 0 Å². The Morgan fingerprint density at radius 3 is 2.93 bits per heavy atom. The molecule has 1 aromatic carbocycles. The van der Waals surface area contributed by atoms with E-state index < -0.39 is 0 Å². The van der Waals surface area contributed by atoms with Gasteiger partial charge in [0, 0.05) is 5.02 Å². The van der Waals surface area contributed by atoms with E-state index in [2.05, 4.69) is 6.92 Å². The monoisotopic (exact) mass is 213 g/mol. The Balaban J connectivity index is 2.31. The molecule has 0 radical (unpaired) electrons. The second-order valence-corrected chi connectivity index (χ2v) is 3.87. The van der Waals surface area contributed by atoms with Crippen LogP contribution < -0.4 is 10.5 Å². The van der Waals surface area contributed by atoms with Gasteiger partial charge < -0.3 is 10.5 Å². The fourth-order valence-corrected chi connectivity index (χ4v) is 1.23. The number of benzene rings is 1. The molecule has 0 aromatic heterocycles. The lowest BCUT2D eigenvalue weighted by atomic mass is 10.1. The van der Waals surface area contributed by atoms with Gasteiger partial charge in [0.1, 0.15) is 5.75 Å². The molecule has 78 valence electrons. The fraction of sp³-hybridized carbons (Fsp3) is 0.455. The molecule has 1 aromatic rings. The van der Waals surface area contributed by atoms with Crippen LogP contribution >= 0.6 is 11.6 Å². The van der Waals surface area contributed by atoms with Crippen molar-refractivity contribution < 1.29 is 4.74 Å². The second-order valence-electron chi connectivity index (χ2n) is 3.44. The summed E-state index contributed by atoms with van der Waals surface area (Å²) < 4.78 is 5.52. The van der Waals surface area contributed by atoms with E-state index >= 15 is 0 Å². The zero-order valence-corrected chi connectivity index (χ0v) is 9.13. The maximum atomic E-state index is 5.81. The quantitative estimate of drug-likeness (QED) is 0.817. The third-order valence-electron chi connectivity index (χ3n) is 2.08. The summed E-state index contributed by atoms with van der Waals surface area (Å²) in [6.07, 6.45) is 0.975. The van der Waals surface area contributed by atoms with E-state index in [4.69, 9.17) is 22.1 Å². The summed E-state index contributed by atoms with van der Waals surface area (Å²) in [6.45, 7) is 3.51. The summed E-state index contributed by atoms with van der Waals surface area (Å²) in [5.74, 6) is 1.33. The van der Waals surface area contributed by atoms with Gasteiger partial charge in [-0.1, -0.05) is 24.6 Å². The van der Waals surface area contributed by atoms with Crippen molar-refractivity contribution in [2.45, 2.75) is 13.3 Å². The maximum absolute atomic E-state index is 5.81. The second kappa shape index (κ2) is 5.89.